The molecule has 0 aliphatic heterocycles. The maximum absolute atomic E-state index is 11.7. The topological polar surface area (TPSA) is 101 Å². The summed E-state index contributed by atoms with van der Waals surface area (Å²) in [6, 6.07) is -0.0156. The summed E-state index contributed by atoms with van der Waals surface area (Å²) in [5.74, 6) is 0. The van der Waals surface area contributed by atoms with Crippen molar-refractivity contribution in [2.75, 3.05) is 6.54 Å². The van der Waals surface area contributed by atoms with E-state index in [2.05, 4.69) is 14.9 Å². The zero-order chi connectivity index (χ0) is 11.5. The molecule has 0 spiro atoms. The predicted molar refractivity (Wildman–Crippen MR) is 56.8 cm³/mol. The highest BCUT2D eigenvalue weighted by Crippen LogP contribution is 2.10. The third-order valence-electron chi connectivity index (χ3n) is 1.96. The Labute approximate surface area is 89.3 Å². The lowest BCUT2D eigenvalue weighted by molar-refractivity contribution is 0.571. The van der Waals surface area contributed by atoms with Crippen molar-refractivity contribution in [3.63, 3.8) is 0 Å². The van der Waals surface area contributed by atoms with E-state index < -0.39 is 10.0 Å². The second kappa shape index (κ2) is 4.73. The van der Waals surface area contributed by atoms with Crippen molar-refractivity contribution in [3.05, 3.63) is 11.9 Å². The van der Waals surface area contributed by atoms with E-state index >= 15 is 0 Å². The van der Waals surface area contributed by atoms with Crippen molar-refractivity contribution >= 4 is 10.0 Å². The second-order valence-electron chi connectivity index (χ2n) is 3.52. The Balaban J connectivity index is 2.65. The Morgan fingerprint density at radius 1 is 1.67 bits per heavy atom. The standard InChI is InChI=1S/C8H16N4O2S/c1-6(9)3-4-11-15(13,14)8-5-10-12-7(8)2/h5-6,11H,3-4,9H2,1-2H3,(H,10,12). The third-order valence-corrected chi connectivity index (χ3v) is 3.54. The van der Waals surface area contributed by atoms with E-state index in [1.807, 2.05) is 6.92 Å². The van der Waals surface area contributed by atoms with Gasteiger partial charge in [0.25, 0.3) is 0 Å². The molecule has 1 aromatic rings. The number of nitrogens with one attached hydrogen (secondary N) is 2. The van der Waals surface area contributed by atoms with Crippen LogP contribution in [0.15, 0.2) is 11.1 Å². The molecule has 1 aromatic heterocycles. The van der Waals surface area contributed by atoms with Crippen molar-refractivity contribution < 1.29 is 8.42 Å². The molecule has 1 atom stereocenters. The molecular formula is C8H16N4O2S. The van der Waals surface area contributed by atoms with Gasteiger partial charge in [0.2, 0.25) is 10.0 Å². The van der Waals surface area contributed by atoms with Crippen LogP contribution in [-0.4, -0.2) is 31.2 Å². The van der Waals surface area contributed by atoms with Gasteiger partial charge in [0.1, 0.15) is 4.90 Å². The smallest absolute Gasteiger partial charge is 0.243 e. The molecule has 6 nitrogen and oxygen atoms in total. The predicted octanol–water partition coefficient (Wildman–Crippen LogP) is -0.266. The summed E-state index contributed by atoms with van der Waals surface area (Å²) in [4.78, 5) is 0.187. The van der Waals surface area contributed by atoms with Gasteiger partial charge in [-0.05, 0) is 20.3 Å². The van der Waals surface area contributed by atoms with E-state index in [0.717, 1.165) is 0 Å². The minimum atomic E-state index is -3.44. The molecule has 1 unspecified atom stereocenters. The first kappa shape index (κ1) is 12.2. The fraction of sp³-hybridized carbons (Fsp3) is 0.625. The monoisotopic (exact) mass is 232 g/mol. The van der Waals surface area contributed by atoms with Crippen LogP contribution in [0, 0.1) is 6.92 Å². The van der Waals surface area contributed by atoms with Crippen LogP contribution in [0.1, 0.15) is 19.0 Å². The molecule has 0 aliphatic carbocycles. The normalized spacial score (nSPS) is 14.1. The number of nitrogens with zero attached hydrogens (tertiary/aromatic N) is 1. The summed E-state index contributed by atoms with van der Waals surface area (Å²) >= 11 is 0. The minimum Gasteiger partial charge on any atom is -0.328 e. The average molecular weight is 232 g/mol. The van der Waals surface area contributed by atoms with Crippen LogP contribution >= 0.6 is 0 Å². The van der Waals surface area contributed by atoms with Crippen molar-refractivity contribution in [2.45, 2.75) is 31.2 Å². The van der Waals surface area contributed by atoms with Crippen molar-refractivity contribution in [1.29, 1.82) is 0 Å². The summed E-state index contributed by atoms with van der Waals surface area (Å²) in [5, 5.41) is 6.24. The van der Waals surface area contributed by atoms with Gasteiger partial charge in [0, 0.05) is 12.6 Å². The first-order valence-electron chi connectivity index (χ1n) is 4.68. The average Bonchev–Trinajstić information content (AvgIpc) is 2.50. The minimum absolute atomic E-state index is 0.0156. The van der Waals surface area contributed by atoms with Crippen LogP contribution in [0.2, 0.25) is 0 Å². The SMILES string of the molecule is Cc1[nH]ncc1S(=O)(=O)NCCC(C)N. The maximum atomic E-state index is 11.7. The fourth-order valence-corrected chi connectivity index (χ4v) is 2.29. The summed E-state index contributed by atoms with van der Waals surface area (Å²) in [6.45, 7) is 3.83. The van der Waals surface area contributed by atoms with Crippen LogP contribution in [0.5, 0.6) is 0 Å². The summed E-state index contributed by atoms with van der Waals surface area (Å²) < 4.78 is 25.8. The van der Waals surface area contributed by atoms with Crippen molar-refractivity contribution in [1.82, 2.24) is 14.9 Å². The number of sulfonamides is 1. The van der Waals surface area contributed by atoms with Crippen LogP contribution in [-0.2, 0) is 10.0 Å². The molecule has 0 aliphatic rings. The zero-order valence-electron chi connectivity index (χ0n) is 8.82. The lowest BCUT2D eigenvalue weighted by atomic mass is 10.3. The van der Waals surface area contributed by atoms with E-state index in [1.54, 1.807) is 6.92 Å². The Hall–Kier alpha value is -0.920. The molecule has 1 heterocycles. The lowest BCUT2D eigenvalue weighted by Crippen LogP contribution is -2.29. The number of aromatic amines is 1. The molecule has 15 heavy (non-hydrogen) atoms. The van der Waals surface area contributed by atoms with Gasteiger partial charge < -0.3 is 5.73 Å². The van der Waals surface area contributed by atoms with Crippen LogP contribution < -0.4 is 10.5 Å². The van der Waals surface area contributed by atoms with Gasteiger partial charge in [0.05, 0.1) is 11.9 Å². The summed E-state index contributed by atoms with van der Waals surface area (Å²) in [7, 11) is -3.44. The first-order valence-corrected chi connectivity index (χ1v) is 6.17. The van der Waals surface area contributed by atoms with Gasteiger partial charge in [-0.25, -0.2) is 13.1 Å². The van der Waals surface area contributed by atoms with E-state index in [9.17, 15) is 8.42 Å². The molecular weight excluding hydrogens is 216 g/mol. The number of nitrogens with two attached hydrogens (primary N) is 1. The summed E-state index contributed by atoms with van der Waals surface area (Å²) in [6.07, 6.45) is 1.90. The molecule has 0 saturated heterocycles. The van der Waals surface area contributed by atoms with Gasteiger partial charge in [-0.15, -0.1) is 0 Å². The van der Waals surface area contributed by atoms with E-state index in [-0.39, 0.29) is 10.9 Å². The Morgan fingerprint density at radius 2 is 2.33 bits per heavy atom. The zero-order valence-corrected chi connectivity index (χ0v) is 9.63. The molecule has 0 aromatic carbocycles. The third kappa shape index (κ3) is 3.29. The lowest BCUT2D eigenvalue weighted by Gasteiger charge is -2.07. The number of aromatic nitrogens is 2. The van der Waals surface area contributed by atoms with Crippen molar-refractivity contribution in [3.8, 4) is 0 Å². The largest absolute Gasteiger partial charge is 0.328 e. The van der Waals surface area contributed by atoms with E-state index in [4.69, 9.17) is 5.73 Å². The fourth-order valence-electron chi connectivity index (χ4n) is 1.11. The molecule has 0 bridgehead atoms. The Bertz CT molecular complexity index is 410. The quantitative estimate of drug-likeness (QED) is 0.650. The maximum Gasteiger partial charge on any atom is 0.243 e. The number of rotatable bonds is 5. The highest BCUT2D eigenvalue weighted by molar-refractivity contribution is 7.89. The number of H-pyrrole nitrogens is 1. The van der Waals surface area contributed by atoms with Gasteiger partial charge in [0.15, 0.2) is 0 Å². The molecule has 4 N–H and O–H groups in total. The van der Waals surface area contributed by atoms with Gasteiger partial charge in [-0.3, -0.25) is 5.10 Å². The van der Waals surface area contributed by atoms with Gasteiger partial charge >= 0.3 is 0 Å². The van der Waals surface area contributed by atoms with Crippen LogP contribution in [0.3, 0.4) is 0 Å². The van der Waals surface area contributed by atoms with E-state index in [1.165, 1.54) is 6.20 Å². The number of aryl methyl sites for hydroxylation is 1. The Morgan fingerprint density at radius 3 is 2.80 bits per heavy atom. The second-order valence-corrected chi connectivity index (χ2v) is 5.26. The first-order chi connectivity index (χ1) is 6.93. The van der Waals surface area contributed by atoms with Crippen LogP contribution in [0.25, 0.3) is 0 Å². The van der Waals surface area contributed by atoms with Crippen molar-refractivity contribution in [2.24, 2.45) is 5.73 Å². The highest BCUT2D eigenvalue weighted by Gasteiger charge is 2.17. The Kier molecular flexibility index (Phi) is 3.83. The molecule has 1 rings (SSSR count). The molecule has 7 heteroatoms. The molecule has 0 amide bonds. The van der Waals surface area contributed by atoms with Gasteiger partial charge in [-0.1, -0.05) is 0 Å². The molecule has 86 valence electrons. The number of hydrogen-bond donors (Lipinski definition) is 3. The van der Waals surface area contributed by atoms with Crippen LogP contribution in [0.4, 0.5) is 0 Å². The van der Waals surface area contributed by atoms with Gasteiger partial charge in [-0.2, -0.15) is 5.10 Å². The summed E-state index contributed by atoms with van der Waals surface area (Å²) in [5.41, 5.74) is 6.05. The molecule has 0 fully saturated rings. The van der Waals surface area contributed by atoms with E-state index in [0.29, 0.717) is 18.7 Å². The number of hydrogen-bond acceptors (Lipinski definition) is 4. The molecule has 0 radical (unpaired) electrons. The highest BCUT2D eigenvalue weighted by atomic mass is 32.2. The molecule has 0 saturated carbocycles.